The summed E-state index contributed by atoms with van der Waals surface area (Å²) < 4.78 is 4.36. The lowest BCUT2D eigenvalue weighted by molar-refractivity contribution is 0.406. The molecule has 0 bridgehead atoms. The minimum atomic E-state index is 0. The monoisotopic (exact) mass is 106 g/mol. The van der Waals surface area contributed by atoms with Gasteiger partial charge >= 0.3 is 0 Å². The summed E-state index contributed by atoms with van der Waals surface area (Å²) in [4.78, 5) is 0. The number of hydrogen-bond acceptors (Lipinski definition) is 1. The molecular formula is C5H11FO. The van der Waals surface area contributed by atoms with E-state index < -0.39 is 0 Å². The molecule has 0 aliphatic carbocycles. The van der Waals surface area contributed by atoms with Crippen molar-refractivity contribution in [2.24, 2.45) is 0 Å². The Balaban J connectivity index is -0.0000000800. The van der Waals surface area contributed by atoms with Crippen molar-refractivity contribution >= 4 is 0 Å². The Kier molecular flexibility index (Phi) is 44.2. The van der Waals surface area contributed by atoms with Crippen LogP contribution in [0.2, 0.25) is 0 Å². The van der Waals surface area contributed by atoms with Crippen molar-refractivity contribution in [3.05, 3.63) is 25.7 Å². The standard InChI is InChI=1S/C4H6O.CH4.FH/c1-3-5-4-2;;/h3-4H,1-2H2;1H4;1H. The molecule has 44 valence electrons. The van der Waals surface area contributed by atoms with Crippen LogP contribution in [0.3, 0.4) is 0 Å². The Morgan fingerprint density at radius 2 is 1.43 bits per heavy atom. The van der Waals surface area contributed by atoms with Crippen LogP contribution < -0.4 is 0 Å². The molecule has 0 amide bonds. The lowest BCUT2D eigenvalue weighted by atomic mass is 11.1. The van der Waals surface area contributed by atoms with E-state index in [2.05, 4.69) is 17.9 Å². The van der Waals surface area contributed by atoms with Gasteiger partial charge in [-0.15, -0.1) is 0 Å². The molecule has 0 unspecified atom stereocenters. The quantitative estimate of drug-likeness (QED) is 0.490. The Labute approximate surface area is 43.7 Å². The highest BCUT2D eigenvalue weighted by Crippen LogP contribution is 1.65. The van der Waals surface area contributed by atoms with Crippen molar-refractivity contribution in [2.75, 3.05) is 0 Å². The van der Waals surface area contributed by atoms with Crippen LogP contribution in [0.1, 0.15) is 7.43 Å². The zero-order valence-electron chi connectivity index (χ0n) is 3.39. The second-order valence-electron chi connectivity index (χ2n) is 0.469. The lowest BCUT2D eigenvalue weighted by Gasteiger charge is -1.76. The van der Waals surface area contributed by atoms with Gasteiger partial charge in [-0.25, -0.2) is 0 Å². The molecule has 0 N–H and O–H groups in total. The largest absolute Gasteiger partial charge is 0.474 e. The SMILES string of the molecule is C.C=COC=C.F. The lowest BCUT2D eigenvalue weighted by Crippen LogP contribution is -1.52. The van der Waals surface area contributed by atoms with E-state index in [4.69, 9.17) is 0 Å². The highest BCUT2D eigenvalue weighted by Gasteiger charge is 1.45. The molecular weight excluding hydrogens is 95.1 g/mol. The Morgan fingerprint density at radius 1 is 1.14 bits per heavy atom. The van der Waals surface area contributed by atoms with Crippen LogP contribution >= 0.6 is 0 Å². The molecule has 0 aliphatic heterocycles. The van der Waals surface area contributed by atoms with Crippen LogP contribution in [0, 0.1) is 0 Å². The van der Waals surface area contributed by atoms with Crippen LogP contribution in [-0.2, 0) is 4.74 Å². The van der Waals surface area contributed by atoms with E-state index in [1.165, 1.54) is 12.5 Å². The van der Waals surface area contributed by atoms with Crippen LogP contribution in [-0.4, -0.2) is 0 Å². The topological polar surface area (TPSA) is 9.23 Å². The maximum atomic E-state index is 4.36. The summed E-state index contributed by atoms with van der Waals surface area (Å²) in [5.41, 5.74) is 0. The van der Waals surface area contributed by atoms with Crippen LogP contribution in [0.4, 0.5) is 4.70 Å². The Morgan fingerprint density at radius 3 is 1.43 bits per heavy atom. The van der Waals surface area contributed by atoms with Gasteiger partial charge in [0.2, 0.25) is 0 Å². The summed E-state index contributed by atoms with van der Waals surface area (Å²) in [5, 5.41) is 0. The minimum absolute atomic E-state index is 0. The number of hydrogen-bond donors (Lipinski definition) is 0. The fourth-order valence-electron chi connectivity index (χ4n) is 0.0680. The molecule has 7 heavy (non-hydrogen) atoms. The first-order valence-electron chi connectivity index (χ1n) is 1.29. The highest BCUT2D eigenvalue weighted by atomic mass is 19.0. The van der Waals surface area contributed by atoms with Crippen molar-refractivity contribution < 1.29 is 9.44 Å². The molecule has 0 aliphatic rings. The van der Waals surface area contributed by atoms with E-state index in [1.54, 1.807) is 0 Å². The zero-order valence-corrected chi connectivity index (χ0v) is 3.39. The summed E-state index contributed by atoms with van der Waals surface area (Å²) in [5.74, 6) is 0. The fraction of sp³-hybridized carbons (Fsp3) is 0.200. The molecule has 0 radical (unpaired) electrons. The molecule has 0 rings (SSSR count). The van der Waals surface area contributed by atoms with E-state index in [0.717, 1.165) is 0 Å². The van der Waals surface area contributed by atoms with Gasteiger partial charge in [-0.05, 0) is 0 Å². The summed E-state index contributed by atoms with van der Waals surface area (Å²) >= 11 is 0. The maximum absolute atomic E-state index is 4.36. The molecule has 1 nitrogen and oxygen atoms in total. The maximum Gasteiger partial charge on any atom is 0.0829 e. The average Bonchev–Trinajstić information content (AvgIpc) is 1.41. The van der Waals surface area contributed by atoms with Crippen molar-refractivity contribution in [2.45, 2.75) is 7.43 Å². The molecule has 0 heterocycles. The van der Waals surface area contributed by atoms with Gasteiger partial charge in [0.25, 0.3) is 0 Å². The molecule has 0 saturated carbocycles. The van der Waals surface area contributed by atoms with Gasteiger partial charge < -0.3 is 4.74 Å². The van der Waals surface area contributed by atoms with E-state index in [9.17, 15) is 0 Å². The molecule has 2 heteroatoms. The first-order chi connectivity index (χ1) is 2.41. The molecule has 0 spiro atoms. The predicted molar refractivity (Wildman–Crippen MR) is 30.7 cm³/mol. The Hall–Kier alpha value is -0.790. The van der Waals surface area contributed by atoms with E-state index in [1.807, 2.05) is 0 Å². The molecule has 0 atom stereocenters. The first kappa shape index (κ1) is 16.4. The molecule has 0 aromatic rings. The summed E-state index contributed by atoms with van der Waals surface area (Å²) in [7, 11) is 0. The normalized spacial score (nSPS) is 4.00. The van der Waals surface area contributed by atoms with Gasteiger partial charge in [-0.1, -0.05) is 20.6 Å². The third kappa shape index (κ3) is 36.7. The van der Waals surface area contributed by atoms with Gasteiger partial charge in [-0.2, -0.15) is 0 Å². The van der Waals surface area contributed by atoms with Crippen molar-refractivity contribution in [1.82, 2.24) is 0 Å². The highest BCUT2D eigenvalue weighted by molar-refractivity contribution is 4.57. The number of halogens is 1. The van der Waals surface area contributed by atoms with Crippen molar-refractivity contribution in [3.63, 3.8) is 0 Å². The predicted octanol–water partition coefficient (Wildman–Crippen LogP) is 2.08. The van der Waals surface area contributed by atoms with E-state index >= 15 is 0 Å². The number of rotatable bonds is 2. The van der Waals surface area contributed by atoms with Crippen molar-refractivity contribution in [3.8, 4) is 0 Å². The Bertz CT molecular complexity index is 37.3. The van der Waals surface area contributed by atoms with Gasteiger partial charge in [-0.3, -0.25) is 4.70 Å². The number of ether oxygens (including phenoxy) is 1. The fourth-order valence-corrected chi connectivity index (χ4v) is 0.0680. The van der Waals surface area contributed by atoms with Gasteiger partial charge in [0.05, 0.1) is 12.5 Å². The van der Waals surface area contributed by atoms with E-state index in [-0.39, 0.29) is 12.1 Å². The second-order valence-corrected chi connectivity index (χ2v) is 0.469. The van der Waals surface area contributed by atoms with Crippen LogP contribution in [0.5, 0.6) is 0 Å². The molecule has 0 saturated heterocycles. The zero-order chi connectivity index (χ0) is 4.12. The van der Waals surface area contributed by atoms with Gasteiger partial charge in [0, 0.05) is 0 Å². The molecule has 0 fully saturated rings. The van der Waals surface area contributed by atoms with Crippen molar-refractivity contribution in [1.29, 1.82) is 0 Å². The molecule has 0 aromatic carbocycles. The molecule has 0 aromatic heterocycles. The third-order valence-electron chi connectivity index (χ3n) is 0.192. The van der Waals surface area contributed by atoms with Gasteiger partial charge in [0.15, 0.2) is 0 Å². The summed E-state index contributed by atoms with van der Waals surface area (Å²) in [6.45, 7) is 6.51. The average molecular weight is 106 g/mol. The summed E-state index contributed by atoms with van der Waals surface area (Å²) in [6, 6.07) is 0. The van der Waals surface area contributed by atoms with Crippen LogP contribution in [0.15, 0.2) is 25.7 Å². The first-order valence-corrected chi connectivity index (χ1v) is 1.29. The second kappa shape index (κ2) is 18.9. The minimum Gasteiger partial charge on any atom is -0.474 e. The third-order valence-corrected chi connectivity index (χ3v) is 0.192. The smallest absolute Gasteiger partial charge is 0.0829 e. The summed E-state index contributed by atoms with van der Waals surface area (Å²) in [6.07, 6.45) is 2.62. The van der Waals surface area contributed by atoms with Crippen LogP contribution in [0.25, 0.3) is 0 Å². The van der Waals surface area contributed by atoms with E-state index in [0.29, 0.717) is 0 Å². The van der Waals surface area contributed by atoms with Gasteiger partial charge in [0.1, 0.15) is 0 Å².